The van der Waals surface area contributed by atoms with E-state index in [0.29, 0.717) is 6.04 Å². The second-order valence-electron chi connectivity index (χ2n) is 6.82. The van der Waals surface area contributed by atoms with E-state index in [1.165, 1.54) is 36.8 Å². The van der Waals surface area contributed by atoms with Crippen molar-refractivity contribution in [3.8, 4) is 0 Å². The molecule has 1 aromatic rings. The molecular formula is C18H30N2. The zero-order valence-electron chi connectivity index (χ0n) is 13.7. The topological polar surface area (TPSA) is 15.3 Å². The van der Waals surface area contributed by atoms with Gasteiger partial charge in [0.25, 0.3) is 0 Å². The maximum absolute atomic E-state index is 3.61. The quantitative estimate of drug-likeness (QED) is 0.899. The van der Waals surface area contributed by atoms with Crippen molar-refractivity contribution in [2.24, 2.45) is 5.92 Å². The Balaban J connectivity index is 2.35. The van der Waals surface area contributed by atoms with Crippen LogP contribution >= 0.6 is 0 Å². The minimum absolute atomic E-state index is 0.245. The number of hydrogen-bond acceptors (Lipinski definition) is 2. The van der Waals surface area contributed by atoms with Gasteiger partial charge in [-0.05, 0) is 65.2 Å². The minimum atomic E-state index is 0.245. The van der Waals surface area contributed by atoms with E-state index in [1.54, 1.807) is 0 Å². The van der Waals surface area contributed by atoms with Crippen molar-refractivity contribution < 1.29 is 0 Å². The van der Waals surface area contributed by atoms with Gasteiger partial charge in [0.05, 0.1) is 6.04 Å². The molecule has 1 saturated carbocycles. The van der Waals surface area contributed by atoms with Crippen LogP contribution in [0.25, 0.3) is 0 Å². The SMILES string of the molecule is CNC(c1cccc(C)c1)C1(N(C)C)CCC(C)CC1. The van der Waals surface area contributed by atoms with Gasteiger partial charge in [-0.15, -0.1) is 0 Å². The van der Waals surface area contributed by atoms with Crippen LogP contribution in [-0.2, 0) is 0 Å². The number of benzene rings is 1. The summed E-state index contributed by atoms with van der Waals surface area (Å²) in [6.07, 6.45) is 5.23. The molecule has 0 saturated heterocycles. The molecule has 0 aliphatic heterocycles. The van der Waals surface area contributed by atoms with Gasteiger partial charge in [-0.1, -0.05) is 36.8 Å². The zero-order valence-corrected chi connectivity index (χ0v) is 13.7. The summed E-state index contributed by atoms with van der Waals surface area (Å²) in [6.45, 7) is 4.57. The molecule has 1 atom stereocenters. The third-order valence-corrected chi connectivity index (χ3v) is 5.23. The molecule has 1 aromatic carbocycles. The maximum Gasteiger partial charge on any atom is 0.0504 e. The largest absolute Gasteiger partial charge is 0.311 e. The Labute approximate surface area is 124 Å². The average Bonchev–Trinajstić information content (AvgIpc) is 2.42. The summed E-state index contributed by atoms with van der Waals surface area (Å²) in [4.78, 5) is 2.46. The van der Waals surface area contributed by atoms with Gasteiger partial charge in [0, 0.05) is 5.54 Å². The molecule has 0 heterocycles. The number of likely N-dealkylation sites (N-methyl/N-ethyl adjacent to an activating group) is 2. The van der Waals surface area contributed by atoms with Crippen LogP contribution in [0.4, 0.5) is 0 Å². The predicted molar refractivity (Wildman–Crippen MR) is 87.0 cm³/mol. The molecule has 0 radical (unpaired) electrons. The summed E-state index contributed by atoms with van der Waals surface area (Å²) in [5.74, 6) is 0.873. The highest BCUT2D eigenvalue weighted by atomic mass is 15.2. The first-order valence-corrected chi connectivity index (χ1v) is 7.91. The van der Waals surface area contributed by atoms with Crippen molar-refractivity contribution in [3.63, 3.8) is 0 Å². The van der Waals surface area contributed by atoms with Crippen molar-refractivity contribution in [2.75, 3.05) is 21.1 Å². The Morgan fingerprint density at radius 1 is 1.25 bits per heavy atom. The van der Waals surface area contributed by atoms with E-state index in [4.69, 9.17) is 0 Å². The first-order chi connectivity index (χ1) is 9.49. The molecule has 20 heavy (non-hydrogen) atoms. The van der Waals surface area contributed by atoms with Crippen molar-refractivity contribution in [1.29, 1.82) is 0 Å². The Morgan fingerprint density at radius 3 is 2.40 bits per heavy atom. The highest BCUT2D eigenvalue weighted by Crippen LogP contribution is 2.43. The number of nitrogens with zero attached hydrogens (tertiary/aromatic N) is 1. The normalized spacial score (nSPS) is 28.6. The number of aryl methyl sites for hydroxylation is 1. The number of nitrogens with one attached hydrogen (secondary N) is 1. The van der Waals surface area contributed by atoms with Gasteiger partial charge in [-0.25, -0.2) is 0 Å². The van der Waals surface area contributed by atoms with Crippen LogP contribution in [0.2, 0.25) is 0 Å². The van der Waals surface area contributed by atoms with E-state index in [0.717, 1.165) is 5.92 Å². The summed E-state index contributed by atoms with van der Waals surface area (Å²) >= 11 is 0. The molecule has 1 unspecified atom stereocenters. The molecule has 0 spiro atoms. The summed E-state index contributed by atoms with van der Waals surface area (Å²) in [7, 11) is 6.60. The van der Waals surface area contributed by atoms with Gasteiger partial charge >= 0.3 is 0 Å². The van der Waals surface area contributed by atoms with Crippen LogP contribution < -0.4 is 5.32 Å². The zero-order chi connectivity index (χ0) is 14.8. The van der Waals surface area contributed by atoms with E-state index >= 15 is 0 Å². The summed E-state index contributed by atoms with van der Waals surface area (Å²) in [5.41, 5.74) is 3.02. The van der Waals surface area contributed by atoms with Gasteiger partial charge in [-0.3, -0.25) is 0 Å². The van der Waals surface area contributed by atoms with Crippen LogP contribution in [-0.4, -0.2) is 31.6 Å². The molecule has 2 nitrogen and oxygen atoms in total. The lowest BCUT2D eigenvalue weighted by Crippen LogP contribution is -2.55. The smallest absolute Gasteiger partial charge is 0.0504 e. The Kier molecular flexibility index (Phi) is 4.87. The van der Waals surface area contributed by atoms with Crippen LogP contribution in [0.15, 0.2) is 24.3 Å². The standard InChI is InChI=1S/C18H30N2/c1-14-9-11-18(12-10-14,20(4)5)17(19-3)16-8-6-7-15(2)13-16/h6-8,13-14,17,19H,9-12H2,1-5H3. The first kappa shape index (κ1) is 15.5. The van der Waals surface area contributed by atoms with Gasteiger partial charge in [0.1, 0.15) is 0 Å². The number of rotatable bonds is 4. The molecular weight excluding hydrogens is 244 g/mol. The predicted octanol–water partition coefficient (Wildman–Crippen LogP) is 3.77. The average molecular weight is 274 g/mol. The Hall–Kier alpha value is -0.860. The maximum atomic E-state index is 3.61. The lowest BCUT2D eigenvalue weighted by molar-refractivity contribution is 0.0455. The second-order valence-corrected chi connectivity index (χ2v) is 6.82. The van der Waals surface area contributed by atoms with Crippen LogP contribution in [0.5, 0.6) is 0 Å². The van der Waals surface area contributed by atoms with E-state index in [2.05, 4.69) is 69.5 Å². The fourth-order valence-electron chi connectivity index (χ4n) is 3.85. The first-order valence-electron chi connectivity index (χ1n) is 7.91. The highest BCUT2D eigenvalue weighted by molar-refractivity contribution is 5.28. The molecule has 0 bridgehead atoms. The summed E-state index contributed by atoms with van der Waals surface area (Å²) in [6, 6.07) is 9.39. The molecule has 2 heteroatoms. The summed E-state index contributed by atoms with van der Waals surface area (Å²) < 4.78 is 0. The van der Waals surface area contributed by atoms with E-state index in [9.17, 15) is 0 Å². The molecule has 1 N–H and O–H groups in total. The monoisotopic (exact) mass is 274 g/mol. The van der Waals surface area contributed by atoms with Gasteiger partial charge in [0.15, 0.2) is 0 Å². The molecule has 0 aromatic heterocycles. The van der Waals surface area contributed by atoms with E-state index < -0.39 is 0 Å². The lowest BCUT2D eigenvalue weighted by Gasteiger charge is -2.50. The van der Waals surface area contributed by atoms with E-state index in [-0.39, 0.29) is 5.54 Å². The van der Waals surface area contributed by atoms with Crippen molar-refractivity contribution in [1.82, 2.24) is 10.2 Å². The third kappa shape index (κ3) is 2.91. The molecule has 112 valence electrons. The molecule has 2 rings (SSSR count). The summed E-state index contributed by atoms with van der Waals surface area (Å²) in [5, 5.41) is 3.61. The number of hydrogen-bond donors (Lipinski definition) is 1. The van der Waals surface area contributed by atoms with Gasteiger partial charge in [0.2, 0.25) is 0 Å². The highest BCUT2D eigenvalue weighted by Gasteiger charge is 2.43. The minimum Gasteiger partial charge on any atom is -0.311 e. The fourth-order valence-corrected chi connectivity index (χ4v) is 3.85. The van der Waals surface area contributed by atoms with Crippen LogP contribution in [0, 0.1) is 12.8 Å². The Morgan fingerprint density at radius 2 is 1.90 bits per heavy atom. The van der Waals surface area contributed by atoms with Gasteiger partial charge in [-0.2, -0.15) is 0 Å². The van der Waals surface area contributed by atoms with E-state index in [1.807, 2.05) is 0 Å². The molecule has 0 amide bonds. The fraction of sp³-hybridized carbons (Fsp3) is 0.667. The Bertz CT molecular complexity index is 431. The second kappa shape index (κ2) is 6.28. The van der Waals surface area contributed by atoms with Crippen molar-refractivity contribution in [2.45, 2.75) is 51.1 Å². The van der Waals surface area contributed by atoms with Crippen LogP contribution in [0.1, 0.15) is 49.8 Å². The third-order valence-electron chi connectivity index (χ3n) is 5.23. The lowest BCUT2D eigenvalue weighted by atomic mass is 9.70. The van der Waals surface area contributed by atoms with Gasteiger partial charge < -0.3 is 10.2 Å². The molecule has 1 aliphatic carbocycles. The molecule has 1 aliphatic rings. The van der Waals surface area contributed by atoms with Crippen molar-refractivity contribution >= 4 is 0 Å². The van der Waals surface area contributed by atoms with Crippen LogP contribution in [0.3, 0.4) is 0 Å². The van der Waals surface area contributed by atoms with Crippen molar-refractivity contribution in [3.05, 3.63) is 35.4 Å². The molecule has 1 fully saturated rings.